The van der Waals surface area contributed by atoms with Gasteiger partial charge in [0, 0.05) is 41.7 Å². The van der Waals surface area contributed by atoms with Gasteiger partial charge in [0.1, 0.15) is 11.5 Å². The molecule has 0 aliphatic carbocycles. The average Bonchev–Trinajstić information content (AvgIpc) is 2.87. The molecule has 1 aromatic heterocycles. The normalized spacial score (nSPS) is 14.3. The summed E-state index contributed by atoms with van der Waals surface area (Å²) in [7, 11) is -3.70. The van der Waals surface area contributed by atoms with Crippen LogP contribution in [0.3, 0.4) is 0 Å². The van der Waals surface area contributed by atoms with Crippen molar-refractivity contribution in [2.45, 2.75) is 32.4 Å². The molecule has 3 aromatic rings. The van der Waals surface area contributed by atoms with E-state index >= 15 is 0 Å². The second kappa shape index (κ2) is 11.5. The lowest BCUT2D eigenvalue weighted by Gasteiger charge is -2.35. The number of carbonyl (C=O) groups excluding carboxylic acids is 1. The summed E-state index contributed by atoms with van der Waals surface area (Å²) in [6.07, 6.45) is 6.17. The molecule has 0 saturated carbocycles. The molecule has 8 nitrogen and oxygen atoms in total. The number of nitrogens with one attached hydrogen (secondary N) is 1. The van der Waals surface area contributed by atoms with E-state index in [4.69, 9.17) is 8.92 Å². The van der Waals surface area contributed by atoms with E-state index in [1.807, 2.05) is 42.2 Å². The Morgan fingerprint density at radius 3 is 2.61 bits per heavy atom. The van der Waals surface area contributed by atoms with Crippen LogP contribution in [0.1, 0.15) is 35.7 Å². The second-order valence-electron chi connectivity index (χ2n) is 8.73. The van der Waals surface area contributed by atoms with Gasteiger partial charge in [-0.05, 0) is 68.8 Å². The van der Waals surface area contributed by atoms with E-state index in [-0.39, 0.29) is 17.7 Å². The van der Waals surface area contributed by atoms with E-state index in [0.717, 1.165) is 54.6 Å². The predicted octanol–water partition coefficient (Wildman–Crippen LogP) is 3.88. The Hall–Kier alpha value is -3.43. The van der Waals surface area contributed by atoms with Crippen LogP contribution in [0.5, 0.6) is 11.5 Å². The molecule has 2 heterocycles. The van der Waals surface area contributed by atoms with Crippen molar-refractivity contribution in [3.05, 3.63) is 78.1 Å². The number of carbonyl (C=O) groups is 1. The van der Waals surface area contributed by atoms with Gasteiger partial charge in [-0.15, -0.1) is 0 Å². The molecule has 1 saturated heterocycles. The second-order valence-corrected chi connectivity index (χ2v) is 10.3. The third-order valence-corrected chi connectivity index (χ3v) is 6.51. The number of ether oxygens (including phenoxy) is 1. The van der Waals surface area contributed by atoms with Crippen molar-refractivity contribution in [3.8, 4) is 22.6 Å². The standard InChI is InChI=1S/C27H31N3O5S/c1-3-34-26-16-20(9-10-25(26)22-7-5-13-29-18-22)19-30(23-11-14-28-15-12-23)27(31)21-6-4-8-24(17-21)35-36(2,32)33/h4-10,13,16-18,23,28H,3,11-12,14-15,19H2,1-2H3. The van der Waals surface area contributed by atoms with Crippen molar-refractivity contribution in [2.75, 3.05) is 26.0 Å². The molecule has 1 aliphatic rings. The Morgan fingerprint density at radius 2 is 1.92 bits per heavy atom. The van der Waals surface area contributed by atoms with Crippen molar-refractivity contribution in [1.82, 2.24) is 15.2 Å². The number of piperidine rings is 1. The highest BCUT2D eigenvalue weighted by Gasteiger charge is 2.27. The zero-order chi connectivity index (χ0) is 25.5. The molecule has 1 N–H and O–H groups in total. The van der Waals surface area contributed by atoms with Gasteiger partial charge in [-0.3, -0.25) is 9.78 Å². The van der Waals surface area contributed by atoms with Crippen molar-refractivity contribution < 1.29 is 22.1 Å². The Balaban J connectivity index is 1.65. The third kappa shape index (κ3) is 6.61. The van der Waals surface area contributed by atoms with Crippen LogP contribution in [0, 0.1) is 0 Å². The number of hydrogen-bond acceptors (Lipinski definition) is 7. The van der Waals surface area contributed by atoms with Crippen molar-refractivity contribution in [2.24, 2.45) is 0 Å². The number of pyridine rings is 1. The van der Waals surface area contributed by atoms with Gasteiger partial charge in [0.2, 0.25) is 0 Å². The molecule has 190 valence electrons. The largest absolute Gasteiger partial charge is 0.493 e. The van der Waals surface area contributed by atoms with Crippen LogP contribution in [0.25, 0.3) is 11.1 Å². The zero-order valence-corrected chi connectivity index (χ0v) is 21.3. The average molecular weight is 510 g/mol. The molecule has 1 fully saturated rings. The number of hydrogen-bond donors (Lipinski definition) is 1. The summed E-state index contributed by atoms with van der Waals surface area (Å²) in [5.74, 6) is 0.687. The minimum absolute atomic E-state index is 0.0479. The van der Waals surface area contributed by atoms with Crippen LogP contribution < -0.4 is 14.2 Å². The van der Waals surface area contributed by atoms with Gasteiger partial charge in [0.15, 0.2) is 0 Å². The number of aromatic nitrogens is 1. The number of amides is 1. The van der Waals surface area contributed by atoms with Crippen LogP contribution in [0.15, 0.2) is 67.0 Å². The molecule has 1 aliphatic heterocycles. The molecule has 0 spiro atoms. The van der Waals surface area contributed by atoms with Gasteiger partial charge in [0.25, 0.3) is 5.91 Å². The summed E-state index contributed by atoms with van der Waals surface area (Å²) in [5, 5.41) is 3.35. The first kappa shape index (κ1) is 25.7. The Morgan fingerprint density at radius 1 is 1.11 bits per heavy atom. The van der Waals surface area contributed by atoms with E-state index in [1.165, 1.54) is 12.1 Å². The fourth-order valence-corrected chi connectivity index (χ4v) is 4.86. The van der Waals surface area contributed by atoms with E-state index in [1.54, 1.807) is 24.5 Å². The van der Waals surface area contributed by atoms with Crippen molar-refractivity contribution >= 4 is 16.0 Å². The maximum Gasteiger partial charge on any atom is 0.306 e. The predicted molar refractivity (Wildman–Crippen MR) is 139 cm³/mol. The first-order valence-corrected chi connectivity index (χ1v) is 13.8. The minimum Gasteiger partial charge on any atom is -0.493 e. The molecule has 2 aromatic carbocycles. The summed E-state index contributed by atoms with van der Waals surface area (Å²) in [6, 6.07) is 16.2. The summed E-state index contributed by atoms with van der Waals surface area (Å²) in [4.78, 5) is 19.8. The lowest BCUT2D eigenvalue weighted by atomic mass is 10.0. The summed E-state index contributed by atoms with van der Waals surface area (Å²) < 4.78 is 34.1. The minimum atomic E-state index is -3.70. The maximum atomic E-state index is 13.7. The molecule has 0 bridgehead atoms. The van der Waals surface area contributed by atoms with Gasteiger partial charge >= 0.3 is 10.1 Å². The fourth-order valence-electron chi connectivity index (χ4n) is 4.40. The number of benzene rings is 2. The maximum absolute atomic E-state index is 13.7. The molecule has 0 radical (unpaired) electrons. The topological polar surface area (TPSA) is 97.8 Å². The SMILES string of the molecule is CCOc1cc(CN(C(=O)c2cccc(OS(C)(=O)=O)c2)C2CCNCC2)ccc1-c1cccnc1. The summed E-state index contributed by atoms with van der Waals surface area (Å²) in [6.45, 7) is 4.51. The number of nitrogens with zero attached hydrogens (tertiary/aromatic N) is 2. The highest BCUT2D eigenvalue weighted by molar-refractivity contribution is 7.86. The number of rotatable bonds is 9. The summed E-state index contributed by atoms with van der Waals surface area (Å²) in [5.41, 5.74) is 3.23. The molecule has 1 amide bonds. The lowest BCUT2D eigenvalue weighted by molar-refractivity contribution is 0.0622. The highest BCUT2D eigenvalue weighted by atomic mass is 32.2. The van der Waals surface area contributed by atoms with Crippen molar-refractivity contribution in [1.29, 1.82) is 0 Å². The van der Waals surface area contributed by atoms with Crippen LogP contribution in [-0.2, 0) is 16.7 Å². The fraction of sp³-hybridized carbons (Fsp3) is 0.333. The Labute approximate surface area is 212 Å². The van der Waals surface area contributed by atoms with Crippen LogP contribution in [-0.4, -0.2) is 56.2 Å². The highest BCUT2D eigenvalue weighted by Crippen LogP contribution is 2.32. The van der Waals surface area contributed by atoms with Gasteiger partial charge < -0.3 is 19.1 Å². The molecular formula is C27H31N3O5S. The van der Waals surface area contributed by atoms with Gasteiger partial charge in [-0.2, -0.15) is 8.42 Å². The van der Waals surface area contributed by atoms with E-state index < -0.39 is 10.1 Å². The van der Waals surface area contributed by atoms with E-state index in [9.17, 15) is 13.2 Å². The molecule has 0 unspecified atom stereocenters. The summed E-state index contributed by atoms with van der Waals surface area (Å²) >= 11 is 0. The monoisotopic (exact) mass is 509 g/mol. The van der Waals surface area contributed by atoms with Gasteiger partial charge in [-0.1, -0.05) is 24.3 Å². The van der Waals surface area contributed by atoms with E-state index in [2.05, 4.69) is 10.3 Å². The molecule has 9 heteroatoms. The Bertz CT molecular complexity index is 1290. The van der Waals surface area contributed by atoms with Crippen LogP contribution in [0.4, 0.5) is 0 Å². The quantitative estimate of drug-likeness (QED) is 0.437. The third-order valence-electron chi connectivity index (χ3n) is 6.01. The van der Waals surface area contributed by atoms with Crippen LogP contribution >= 0.6 is 0 Å². The molecule has 4 rings (SSSR count). The van der Waals surface area contributed by atoms with Crippen LogP contribution in [0.2, 0.25) is 0 Å². The zero-order valence-electron chi connectivity index (χ0n) is 20.5. The molecule has 0 atom stereocenters. The van der Waals surface area contributed by atoms with E-state index in [0.29, 0.717) is 18.7 Å². The first-order valence-electron chi connectivity index (χ1n) is 12.0. The Kier molecular flexibility index (Phi) is 8.22. The van der Waals surface area contributed by atoms with Crippen molar-refractivity contribution in [3.63, 3.8) is 0 Å². The lowest BCUT2D eigenvalue weighted by Crippen LogP contribution is -2.45. The van der Waals surface area contributed by atoms with Gasteiger partial charge in [-0.25, -0.2) is 0 Å². The molecule has 36 heavy (non-hydrogen) atoms. The molecular weight excluding hydrogens is 478 g/mol. The first-order chi connectivity index (χ1) is 17.3. The smallest absolute Gasteiger partial charge is 0.306 e. The van der Waals surface area contributed by atoms with Gasteiger partial charge in [0.05, 0.1) is 12.9 Å².